The SMILES string of the molecule is c1cc(NC2=NC(Nc3ccncc3)SN2)ccn1. The summed E-state index contributed by atoms with van der Waals surface area (Å²) in [6, 6.07) is 7.59. The molecule has 2 aromatic rings. The van der Waals surface area contributed by atoms with E-state index in [1.807, 2.05) is 24.3 Å². The van der Waals surface area contributed by atoms with Crippen molar-refractivity contribution < 1.29 is 0 Å². The highest BCUT2D eigenvalue weighted by molar-refractivity contribution is 7.99. The lowest BCUT2D eigenvalue weighted by Gasteiger charge is -2.08. The fraction of sp³-hybridized carbons (Fsp3) is 0.0833. The van der Waals surface area contributed by atoms with Crippen molar-refractivity contribution in [2.75, 3.05) is 10.6 Å². The Hall–Kier alpha value is -2.28. The molecule has 0 aliphatic carbocycles. The predicted octanol–water partition coefficient (Wildman–Crippen LogP) is 1.89. The first kappa shape index (κ1) is 11.8. The summed E-state index contributed by atoms with van der Waals surface area (Å²) >= 11 is 1.50. The summed E-state index contributed by atoms with van der Waals surface area (Å²) in [6.07, 6.45) is 6.96. The quantitative estimate of drug-likeness (QED) is 0.741. The number of pyridine rings is 2. The molecule has 0 fully saturated rings. The molecule has 96 valence electrons. The Morgan fingerprint density at radius 1 is 0.947 bits per heavy atom. The monoisotopic (exact) mass is 272 g/mol. The number of aromatic nitrogens is 2. The minimum absolute atomic E-state index is 0.0632. The van der Waals surface area contributed by atoms with E-state index in [1.54, 1.807) is 24.8 Å². The van der Waals surface area contributed by atoms with Crippen LogP contribution in [0.1, 0.15) is 0 Å². The van der Waals surface area contributed by atoms with Crippen molar-refractivity contribution >= 4 is 29.3 Å². The first-order valence-corrected chi connectivity index (χ1v) is 6.61. The van der Waals surface area contributed by atoms with E-state index in [4.69, 9.17) is 0 Å². The van der Waals surface area contributed by atoms with Crippen LogP contribution in [0.3, 0.4) is 0 Å². The summed E-state index contributed by atoms with van der Waals surface area (Å²) in [6.45, 7) is 0. The van der Waals surface area contributed by atoms with Crippen molar-refractivity contribution in [3.8, 4) is 0 Å². The Labute approximate surface area is 114 Å². The second kappa shape index (κ2) is 5.57. The van der Waals surface area contributed by atoms with Gasteiger partial charge in [0.1, 0.15) is 0 Å². The molecular weight excluding hydrogens is 260 g/mol. The van der Waals surface area contributed by atoms with E-state index >= 15 is 0 Å². The molecule has 0 saturated heterocycles. The van der Waals surface area contributed by atoms with E-state index in [-0.39, 0.29) is 5.50 Å². The normalized spacial score (nSPS) is 17.5. The third-order valence-electron chi connectivity index (χ3n) is 2.43. The van der Waals surface area contributed by atoms with Crippen LogP contribution in [-0.4, -0.2) is 21.4 Å². The van der Waals surface area contributed by atoms with Crippen LogP contribution < -0.4 is 15.4 Å². The van der Waals surface area contributed by atoms with Crippen LogP contribution in [0.2, 0.25) is 0 Å². The van der Waals surface area contributed by atoms with E-state index in [1.165, 1.54) is 11.9 Å². The van der Waals surface area contributed by atoms with Gasteiger partial charge in [-0.25, -0.2) is 4.99 Å². The van der Waals surface area contributed by atoms with Gasteiger partial charge in [-0.15, -0.1) is 0 Å². The molecule has 7 heteroatoms. The van der Waals surface area contributed by atoms with Gasteiger partial charge in [0.05, 0.1) is 0 Å². The number of guanidine groups is 1. The highest BCUT2D eigenvalue weighted by atomic mass is 32.2. The van der Waals surface area contributed by atoms with Crippen molar-refractivity contribution in [3.05, 3.63) is 49.1 Å². The molecule has 19 heavy (non-hydrogen) atoms. The Morgan fingerprint density at radius 3 is 2.26 bits per heavy atom. The molecule has 0 aromatic carbocycles. The summed E-state index contributed by atoms with van der Waals surface area (Å²) in [4.78, 5) is 12.4. The zero-order chi connectivity index (χ0) is 12.9. The number of nitrogens with one attached hydrogen (secondary N) is 3. The van der Waals surface area contributed by atoms with E-state index in [0.717, 1.165) is 17.3 Å². The van der Waals surface area contributed by atoms with Crippen LogP contribution >= 0.6 is 11.9 Å². The minimum atomic E-state index is -0.0632. The molecule has 1 atom stereocenters. The zero-order valence-electron chi connectivity index (χ0n) is 9.95. The summed E-state index contributed by atoms with van der Waals surface area (Å²) in [7, 11) is 0. The van der Waals surface area contributed by atoms with Gasteiger partial charge in [0, 0.05) is 48.1 Å². The van der Waals surface area contributed by atoms with Crippen molar-refractivity contribution in [2.24, 2.45) is 4.99 Å². The predicted molar refractivity (Wildman–Crippen MR) is 77.7 cm³/mol. The molecule has 3 N–H and O–H groups in total. The van der Waals surface area contributed by atoms with Gasteiger partial charge < -0.3 is 10.6 Å². The summed E-state index contributed by atoms with van der Waals surface area (Å²) in [5.41, 5.74) is 1.88. The molecular formula is C12H12N6S. The van der Waals surface area contributed by atoms with E-state index < -0.39 is 0 Å². The van der Waals surface area contributed by atoms with Crippen LogP contribution in [0.15, 0.2) is 54.0 Å². The molecule has 1 aliphatic heterocycles. The molecule has 2 aromatic heterocycles. The van der Waals surface area contributed by atoms with Gasteiger partial charge in [-0.1, -0.05) is 0 Å². The maximum Gasteiger partial charge on any atom is 0.209 e. The molecule has 0 spiro atoms. The number of anilines is 2. The van der Waals surface area contributed by atoms with Gasteiger partial charge in [-0.05, 0) is 24.3 Å². The van der Waals surface area contributed by atoms with Crippen LogP contribution in [0, 0.1) is 0 Å². The molecule has 0 amide bonds. The lowest BCUT2D eigenvalue weighted by molar-refractivity contribution is 1.07. The number of nitrogens with zero attached hydrogens (tertiary/aromatic N) is 3. The summed E-state index contributed by atoms with van der Waals surface area (Å²) in [5.74, 6) is 0.725. The molecule has 1 aliphatic rings. The van der Waals surface area contributed by atoms with E-state index in [9.17, 15) is 0 Å². The lowest BCUT2D eigenvalue weighted by atomic mass is 10.4. The van der Waals surface area contributed by atoms with Crippen molar-refractivity contribution in [1.29, 1.82) is 0 Å². The highest BCUT2D eigenvalue weighted by Crippen LogP contribution is 2.19. The van der Waals surface area contributed by atoms with Crippen LogP contribution in [0.25, 0.3) is 0 Å². The first-order valence-electron chi connectivity index (χ1n) is 5.73. The van der Waals surface area contributed by atoms with Gasteiger partial charge >= 0.3 is 0 Å². The maximum absolute atomic E-state index is 4.48. The molecule has 0 radical (unpaired) electrons. The summed E-state index contributed by atoms with van der Waals surface area (Å²) < 4.78 is 3.13. The number of aliphatic imine (C=N–C) groups is 1. The molecule has 0 saturated carbocycles. The minimum Gasteiger partial charge on any atom is -0.354 e. The standard InChI is InChI=1S/C12H12N6S/c1-5-13-6-2-9(1)15-11-17-12(19-18-11)16-10-3-7-14-8-4-10/h1-8,12H,(H,14,16)(H2,13,15,17,18). The van der Waals surface area contributed by atoms with Gasteiger partial charge in [0.2, 0.25) is 5.96 Å². The van der Waals surface area contributed by atoms with Crippen molar-refractivity contribution in [2.45, 2.75) is 5.50 Å². The Balaban J connectivity index is 1.62. The molecule has 6 nitrogen and oxygen atoms in total. The topological polar surface area (TPSA) is 74.2 Å². The Bertz CT molecular complexity index is 559. The molecule has 1 unspecified atom stereocenters. The fourth-order valence-corrected chi connectivity index (χ4v) is 2.24. The van der Waals surface area contributed by atoms with Gasteiger partial charge in [-0.3, -0.25) is 14.7 Å². The average Bonchev–Trinajstić information content (AvgIpc) is 2.88. The van der Waals surface area contributed by atoms with Crippen LogP contribution in [0.4, 0.5) is 11.4 Å². The van der Waals surface area contributed by atoms with Crippen molar-refractivity contribution in [3.63, 3.8) is 0 Å². The van der Waals surface area contributed by atoms with Gasteiger partial charge in [-0.2, -0.15) is 0 Å². The van der Waals surface area contributed by atoms with Crippen LogP contribution in [-0.2, 0) is 0 Å². The summed E-state index contributed by atoms with van der Waals surface area (Å²) in [5, 5.41) is 6.46. The number of hydrogen-bond donors (Lipinski definition) is 3. The van der Waals surface area contributed by atoms with E-state index in [0.29, 0.717) is 0 Å². The smallest absolute Gasteiger partial charge is 0.209 e. The van der Waals surface area contributed by atoms with Crippen molar-refractivity contribution in [1.82, 2.24) is 14.7 Å². The third kappa shape index (κ3) is 3.14. The lowest BCUT2D eigenvalue weighted by Crippen LogP contribution is -2.20. The molecule has 3 heterocycles. The Morgan fingerprint density at radius 2 is 1.58 bits per heavy atom. The second-order valence-corrected chi connectivity index (χ2v) is 4.68. The highest BCUT2D eigenvalue weighted by Gasteiger charge is 2.17. The Kier molecular flexibility index (Phi) is 3.46. The van der Waals surface area contributed by atoms with Gasteiger partial charge in [0.15, 0.2) is 5.50 Å². The maximum atomic E-state index is 4.48. The van der Waals surface area contributed by atoms with E-state index in [2.05, 4.69) is 30.3 Å². The van der Waals surface area contributed by atoms with Crippen LogP contribution in [0.5, 0.6) is 0 Å². The van der Waals surface area contributed by atoms with Gasteiger partial charge in [0.25, 0.3) is 0 Å². The first-order chi connectivity index (χ1) is 9.40. The largest absolute Gasteiger partial charge is 0.354 e. The number of rotatable bonds is 3. The third-order valence-corrected chi connectivity index (χ3v) is 3.18. The fourth-order valence-electron chi connectivity index (χ4n) is 1.56. The average molecular weight is 272 g/mol. The number of hydrogen-bond acceptors (Lipinski definition) is 7. The molecule has 0 bridgehead atoms. The second-order valence-electron chi connectivity index (χ2n) is 3.79. The molecule has 3 rings (SSSR count). The zero-order valence-corrected chi connectivity index (χ0v) is 10.8.